The first-order valence-corrected chi connectivity index (χ1v) is 9.30. The molecule has 24 heavy (non-hydrogen) atoms. The quantitative estimate of drug-likeness (QED) is 0.840. The van der Waals surface area contributed by atoms with Crippen molar-refractivity contribution in [2.24, 2.45) is 0 Å². The number of carbonyl (C=O) groups is 2. The molecule has 3 rings (SSSR count). The van der Waals surface area contributed by atoms with Gasteiger partial charge in [0.05, 0.1) is 6.04 Å². The Labute approximate surface area is 146 Å². The lowest BCUT2D eigenvalue weighted by Gasteiger charge is -2.25. The zero-order valence-electron chi connectivity index (χ0n) is 13.6. The fraction of sp³-hybridized carbons (Fsp3) is 0.368. The number of nitrogens with zero attached hydrogens (tertiary/aromatic N) is 1. The predicted octanol–water partition coefficient (Wildman–Crippen LogP) is 3.16. The molecule has 0 aliphatic carbocycles. The fourth-order valence-electron chi connectivity index (χ4n) is 3.00. The molecular weight excluding hydrogens is 320 g/mol. The predicted molar refractivity (Wildman–Crippen MR) is 95.8 cm³/mol. The topological polar surface area (TPSA) is 49.4 Å². The minimum atomic E-state index is -0.150. The lowest BCUT2D eigenvalue weighted by Crippen LogP contribution is -2.38. The van der Waals surface area contributed by atoms with Crippen molar-refractivity contribution in [2.45, 2.75) is 31.7 Å². The van der Waals surface area contributed by atoms with Gasteiger partial charge in [-0.25, -0.2) is 0 Å². The Balaban J connectivity index is 1.63. The van der Waals surface area contributed by atoms with Crippen LogP contribution in [0, 0.1) is 0 Å². The molecule has 1 atom stereocenters. The zero-order valence-corrected chi connectivity index (χ0v) is 14.4. The fourth-order valence-corrected chi connectivity index (χ4v) is 3.70. The van der Waals surface area contributed by atoms with Crippen LogP contribution in [0.5, 0.6) is 0 Å². The van der Waals surface area contributed by atoms with Crippen LogP contribution >= 0.6 is 11.3 Å². The lowest BCUT2D eigenvalue weighted by molar-refractivity contribution is -0.129. The number of nitrogens with one attached hydrogen (secondary N) is 1. The van der Waals surface area contributed by atoms with Crippen LogP contribution in [-0.2, 0) is 16.0 Å². The van der Waals surface area contributed by atoms with Gasteiger partial charge in [-0.3, -0.25) is 9.59 Å². The molecule has 2 amide bonds. The Morgan fingerprint density at radius 1 is 1.25 bits per heavy atom. The standard InChI is InChI=1S/C19H22N2O2S/c22-18(9-8-15-10-12-24-14-15)20-17(16-5-2-1-3-6-16)13-21-11-4-7-19(21)23/h1-3,5-6,10,12,14,17H,4,7-9,11,13H2,(H,20,22)/t17-/m1/s1. The van der Waals surface area contributed by atoms with Crippen molar-refractivity contribution in [3.63, 3.8) is 0 Å². The van der Waals surface area contributed by atoms with E-state index in [0.29, 0.717) is 19.4 Å². The monoisotopic (exact) mass is 342 g/mol. The van der Waals surface area contributed by atoms with Crippen LogP contribution in [0.25, 0.3) is 0 Å². The van der Waals surface area contributed by atoms with Gasteiger partial charge in [-0.2, -0.15) is 11.3 Å². The van der Waals surface area contributed by atoms with E-state index in [1.165, 1.54) is 5.56 Å². The van der Waals surface area contributed by atoms with E-state index in [2.05, 4.69) is 16.8 Å². The SMILES string of the molecule is O=C(CCc1ccsc1)N[C@H](CN1CCCC1=O)c1ccccc1. The molecule has 1 saturated heterocycles. The number of rotatable bonds is 7. The van der Waals surface area contributed by atoms with E-state index in [0.717, 1.165) is 24.9 Å². The van der Waals surface area contributed by atoms with Gasteiger partial charge in [0.2, 0.25) is 11.8 Å². The van der Waals surface area contributed by atoms with Crippen LogP contribution in [0.15, 0.2) is 47.2 Å². The maximum atomic E-state index is 12.4. The molecule has 0 spiro atoms. The maximum Gasteiger partial charge on any atom is 0.222 e. The smallest absolute Gasteiger partial charge is 0.222 e. The van der Waals surface area contributed by atoms with E-state index in [9.17, 15) is 9.59 Å². The zero-order chi connectivity index (χ0) is 16.8. The first-order chi connectivity index (χ1) is 11.7. The molecule has 0 saturated carbocycles. The summed E-state index contributed by atoms with van der Waals surface area (Å²) in [5.74, 6) is 0.213. The third-order valence-electron chi connectivity index (χ3n) is 4.33. The molecule has 2 heterocycles. The highest BCUT2D eigenvalue weighted by Gasteiger charge is 2.25. The number of hydrogen-bond donors (Lipinski definition) is 1. The van der Waals surface area contributed by atoms with E-state index in [-0.39, 0.29) is 17.9 Å². The summed E-state index contributed by atoms with van der Waals surface area (Å²) in [7, 11) is 0. The van der Waals surface area contributed by atoms with Crippen LogP contribution in [0.3, 0.4) is 0 Å². The van der Waals surface area contributed by atoms with Crippen LogP contribution in [0.1, 0.15) is 36.4 Å². The summed E-state index contributed by atoms with van der Waals surface area (Å²) in [5, 5.41) is 7.21. The average molecular weight is 342 g/mol. The Hall–Kier alpha value is -2.14. The molecule has 0 unspecified atom stereocenters. The molecule has 1 aromatic heterocycles. The van der Waals surface area contributed by atoms with E-state index in [4.69, 9.17) is 0 Å². The minimum absolute atomic E-state index is 0.0294. The number of aryl methyl sites for hydroxylation is 1. The average Bonchev–Trinajstić information content (AvgIpc) is 3.25. The molecule has 1 N–H and O–H groups in total. The lowest BCUT2D eigenvalue weighted by atomic mass is 10.1. The summed E-state index contributed by atoms with van der Waals surface area (Å²) in [6, 6.07) is 11.8. The number of amides is 2. The minimum Gasteiger partial charge on any atom is -0.347 e. The summed E-state index contributed by atoms with van der Waals surface area (Å²) in [4.78, 5) is 26.1. The first-order valence-electron chi connectivity index (χ1n) is 8.35. The van der Waals surface area contributed by atoms with Crippen molar-refractivity contribution >= 4 is 23.2 Å². The molecule has 1 aromatic carbocycles. The second kappa shape index (κ2) is 8.11. The van der Waals surface area contributed by atoms with Crippen LogP contribution in [0.4, 0.5) is 0 Å². The molecular formula is C19H22N2O2S. The third-order valence-corrected chi connectivity index (χ3v) is 5.06. The Morgan fingerprint density at radius 3 is 2.75 bits per heavy atom. The molecule has 126 valence electrons. The first kappa shape index (κ1) is 16.7. The number of benzene rings is 1. The van der Waals surface area contributed by atoms with E-state index >= 15 is 0 Å². The third kappa shape index (κ3) is 4.45. The summed E-state index contributed by atoms with van der Waals surface area (Å²) < 4.78 is 0. The maximum absolute atomic E-state index is 12.4. The second-order valence-electron chi connectivity index (χ2n) is 6.11. The van der Waals surface area contributed by atoms with Gasteiger partial charge in [-0.05, 0) is 40.8 Å². The van der Waals surface area contributed by atoms with Gasteiger partial charge in [0, 0.05) is 25.9 Å². The normalized spacial score (nSPS) is 15.5. The molecule has 5 heteroatoms. The number of hydrogen-bond acceptors (Lipinski definition) is 3. The molecule has 0 radical (unpaired) electrons. The number of carbonyl (C=O) groups excluding carboxylic acids is 2. The number of likely N-dealkylation sites (tertiary alicyclic amines) is 1. The number of thiophene rings is 1. The van der Waals surface area contributed by atoms with Crippen molar-refractivity contribution in [2.75, 3.05) is 13.1 Å². The highest BCUT2D eigenvalue weighted by Crippen LogP contribution is 2.19. The van der Waals surface area contributed by atoms with Gasteiger partial charge in [0.15, 0.2) is 0 Å². The van der Waals surface area contributed by atoms with Gasteiger partial charge in [0.1, 0.15) is 0 Å². The largest absolute Gasteiger partial charge is 0.347 e. The van der Waals surface area contributed by atoms with Crippen LogP contribution in [-0.4, -0.2) is 29.8 Å². The van der Waals surface area contributed by atoms with Crippen molar-refractivity contribution in [3.8, 4) is 0 Å². The summed E-state index contributed by atoms with van der Waals surface area (Å²) >= 11 is 1.65. The molecule has 1 fully saturated rings. The van der Waals surface area contributed by atoms with E-state index < -0.39 is 0 Å². The molecule has 1 aliphatic rings. The van der Waals surface area contributed by atoms with Gasteiger partial charge >= 0.3 is 0 Å². The van der Waals surface area contributed by atoms with Gasteiger partial charge < -0.3 is 10.2 Å². The summed E-state index contributed by atoms with van der Waals surface area (Å²) in [6.07, 6.45) is 2.74. The summed E-state index contributed by atoms with van der Waals surface area (Å²) in [5.41, 5.74) is 2.24. The Bertz CT molecular complexity index is 670. The van der Waals surface area contributed by atoms with Crippen molar-refractivity contribution in [3.05, 3.63) is 58.3 Å². The molecule has 1 aliphatic heterocycles. The highest BCUT2D eigenvalue weighted by molar-refractivity contribution is 7.07. The van der Waals surface area contributed by atoms with Crippen molar-refractivity contribution in [1.82, 2.24) is 10.2 Å². The van der Waals surface area contributed by atoms with Crippen LogP contribution < -0.4 is 5.32 Å². The van der Waals surface area contributed by atoms with Crippen LogP contribution in [0.2, 0.25) is 0 Å². The van der Waals surface area contributed by atoms with Crippen molar-refractivity contribution in [1.29, 1.82) is 0 Å². The second-order valence-corrected chi connectivity index (χ2v) is 6.89. The van der Waals surface area contributed by atoms with Crippen molar-refractivity contribution < 1.29 is 9.59 Å². The van der Waals surface area contributed by atoms with Gasteiger partial charge in [-0.1, -0.05) is 30.3 Å². The molecule has 0 bridgehead atoms. The van der Waals surface area contributed by atoms with Gasteiger partial charge in [-0.15, -0.1) is 0 Å². The van der Waals surface area contributed by atoms with Gasteiger partial charge in [0.25, 0.3) is 0 Å². The Kier molecular flexibility index (Phi) is 5.64. The van der Waals surface area contributed by atoms with E-state index in [1.54, 1.807) is 11.3 Å². The Morgan fingerprint density at radius 2 is 2.08 bits per heavy atom. The van der Waals surface area contributed by atoms with E-state index in [1.807, 2.05) is 40.6 Å². The summed E-state index contributed by atoms with van der Waals surface area (Å²) in [6.45, 7) is 1.33. The molecule has 4 nitrogen and oxygen atoms in total. The highest BCUT2D eigenvalue weighted by atomic mass is 32.1. The molecule has 2 aromatic rings.